The lowest BCUT2D eigenvalue weighted by atomic mass is 10.0. The maximum absolute atomic E-state index is 11.8. The summed E-state index contributed by atoms with van der Waals surface area (Å²) in [6.45, 7) is 9.36. The van der Waals surface area contributed by atoms with Crippen molar-refractivity contribution in [2.24, 2.45) is 5.92 Å². The van der Waals surface area contributed by atoms with Gasteiger partial charge < -0.3 is 16.0 Å². The van der Waals surface area contributed by atoms with Crippen molar-refractivity contribution in [1.82, 2.24) is 16.0 Å². The molecule has 0 saturated carbocycles. The normalized spacial score (nSPS) is 20.3. The number of hydrogen-bond acceptors (Lipinski definition) is 3. The molecule has 0 aromatic carbocycles. The third-order valence-corrected chi connectivity index (χ3v) is 2.91. The van der Waals surface area contributed by atoms with Crippen LogP contribution in [0, 0.1) is 5.92 Å². The van der Waals surface area contributed by atoms with Gasteiger partial charge in [0, 0.05) is 12.0 Å². The van der Waals surface area contributed by atoms with E-state index < -0.39 is 6.04 Å². The summed E-state index contributed by atoms with van der Waals surface area (Å²) in [7, 11) is 0. The van der Waals surface area contributed by atoms with Gasteiger partial charge in [-0.1, -0.05) is 0 Å². The van der Waals surface area contributed by atoms with Crippen molar-refractivity contribution < 1.29 is 9.59 Å². The molecule has 1 rings (SSSR count). The summed E-state index contributed by atoms with van der Waals surface area (Å²) in [6.07, 6.45) is 1.54. The highest BCUT2D eigenvalue weighted by Gasteiger charge is 2.23. The molecule has 2 unspecified atom stereocenters. The summed E-state index contributed by atoms with van der Waals surface area (Å²) in [5.41, 5.74) is -0.272. The standard InChI is InChI=1S/C13H25N3O2.ClH/c1-9(12(18)16-13(2,3)4)15-11(17)7-10-5-6-14-8-10;/h9-10,14H,5-8H2,1-4H3,(H,15,17)(H,16,18);1H. The Morgan fingerprint density at radius 3 is 2.47 bits per heavy atom. The molecule has 0 aromatic rings. The molecule has 1 saturated heterocycles. The van der Waals surface area contributed by atoms with Crippen LogP contribution in [0.4, 0.5) is 0 Å². The zero-order valence-electron chi connectivity index (χ0n) is 12.2. The quantitative estimate of drug-likeness (QED) is 0.718. The van der Waals surface area contributed by atoms with Crippen LogP contribution < -0.4 is 16.0 Å². The predicted molar refractivity (Wildman–Crippen MR) is 78.3 cm³/mol. The highest BCUT2D eigenvalue weighted by molar-refractivity contribution is 5.87. The molecule has 0 aliphatic carbocycles. The molecule has 2 amide bonds. The lowest BCUT2D eigenvalue weighted by Crippen LogP contribution is -2.51. The molecule has 1 heterocycles. The van der Waals surface area contributed by atoms with Gasteiger partial charge in [-0.2, -0.15) is 0 Å². The van der Waals surface area contributed by atoms with Crippen molar-refractivity contribution in [2.45, 2.75) is 52.1 Å². The first kappa shape index (κ1) is 18.2. The van der Waals surface area contributed by atoms with E-state index in [2.05, 4.69) is 16.0 Å². The molecule has 3 N–H and O–H groups in total. The van der Waals surface area contributed by atoms with E-state index in [0.29, 0.717) is 12.3 Å². The second-order valence-corrected chi connectivity index (χ2v) is 6.09. The van der Waals surface area contributed by atoms with E-state index in [-0.39, 0.29) is 29.8 Å². The van der Waals surface area contributed by atoms with Crippen LogP contribution in [0.1, 0.15) is 40.5 Å². The zero-order chi connectivity index (χ0) is 13.8. The van der Waals surface area contributed by atoms with Crippen molar-refractivity contribution in [3.8, 4) is 0 Å². The Morgan fingerprint density at radius 2 is 2.00 bits per heavy atom. The lowest BCUT2D eigenvalue weighted by Gasteiger charge is -2.24. The first-order valence-electron chi connectivity index (χ1n) is 6.60. The largest absolute Gasteiger partial charge is 0.350 e. The van der Waals surface area contributed by atoms with Gasteiger partial charge in [-0.15, -0.1) is 12.4 Å². The average molecular weight is 292 g/mol. The van der Waals surface area contributed by atoms with Crippen molar-refractivity contribution >= 4 is 24.2 Å². The number of hydrogen-bond donors (Lipinski definition) is 3. The van der Waals surface area contributed by atoms with Crippen LogP contribution in [0.25, 0.3) is 0 Å². The summed E-state index contributed by atoms with van der Waals surface area (Å²) in [5, 5.41) is 8.83. The maximum atomic E-state index is 11.8. The fraction of sp³-hybridized carbons (Fsp3) is 0.846. The van der Waals surface area contributed by atoms with E-state index >= 15 is 0 Å². The van der Waals surface area contributed by atoms with Gasteiger partial charge in [0.25, 0.3) is 0 Å². The molecule has 1 fully saturated rings. The van der Waals surface area contributed by atoms with Crippen LogP contribution >= 0.6 is 12.4 Å². The fourth-order valence-electron chi connectivity index (χ4n) is 1.99. The van der Waals surface area contributed by atoms with Gasteiger partial charge >= 0.3 is 0 Å². The molecule has 0 bridgehead atoms. The third kappa shape index (κ3) is 7.38. The molecule has 5 nitrogen and oxygen atoms in total. The smallest absolute Gasteiger partial charge is 0.242 e. The topological polar surface area (TPSA) is 70.2 Å². The molecule has 1 aliphatic heterocycles. The number of halogens is 1. The molecule has 6 heteroatoms. The van der Waals surface area contributed by atoms with Crippen LogP contribution in [0.5, 0.6) is 0 Å². The first-order valence-corrected chi connectivity index (χ1v) is 6.60. The highest BCUT2D eigenvalue weighted by atomic mass is 35.5. The van der Waals surface area contributed by atoms with Crippen LogP contribution in [0.15, 0.2) is 0 Å². The molecule has 19 heavy (non-hydrogen) atoms. The Morgan fingerprint density at radius 1 is 1.37 bits per heavy atom. The van der Waals surface area contributed by atoms with E-state index in [1.54, 1.807) is 6.92 Å². The second-order valence-electron chi connectivity index (χ2n) is 6.09. The third-order valence-electron chi connectivity index (χ3n) is 2.91. The summed E-state index contributed by atoms with van der Waals surface area (Å²) in [5.74, 6) is 0.225. The molecule has 2 atom stereocenters. The first-order chi connectivity index (χ1) is 8.28. The van der Waals surface area contributed by atoms with Gasteiger partial charge in [-0.25, -0.2) is 0 Å². The van der Waals surface area contributed by atoms with E-state index in [1.165, 1.54) is 0 Å². The molecule has 0 spiro atoms. The monoisotopic (exact) mass is 291 g/mol. The number of rotatable bonds is 4. The minimum Gasteiger partial charge on any atom is -0.350 e. The number of carbonyl (C=O) groups is 2. The number of carbonyl (C=O) groups excluding carboxylic acids is 2. The van der Waals surface area contributed by atoms with Crippen LogP contribution in [0.3, 0.4) is 0 Å². The van der Waals surface area contributed by atoms with E-state index in [4.69, 9.17) is 0 Å². The molecular weight excluding hydrogens is 266 g/mol. The Bertz CT molecular complexity index is 310. The van der Waals surface area contributed by atoms with Crippen molar-refractivity contribution in [3.05, 3.63) is 0 Å². The zero-order valence-corrected chi connectivity index (χ0v) is 13.0. The molecular formula is C13H26ClN3O2. The summed E-state index contributed by atoms with van der Waals surface area (Å²) in [4.78, 5) is 23.6. The number of amides is 2. The Balaban J connectivity index is 0.00000324. The Kier molecular flexibility index (Phi) is 7.37. The average Bonchev–Trinajstić information content (AvgIpc) is 2.67. The molecule has 1 aliphatic rings. The number of nitrogens with one attached hydrogen (secondary N) is 3. The summed E-state index contributed by atoms with van der Waals surface area (Å²) >= 11 is 0. The van der Waals surface area contributed by atoms with Gasteiger partial charge in [0.15, 0.2) is 0 Å². The lowest BCUT2D eigenvalue weighted by molar-refractivity contribution is -0.129. The van der Waals surface area contributed by atoms with Crippen molar-refractivity contribution in [3.63, 3.8) is 0 Å². The molecule has 112 valence electrons. The van der Waals surface area contributed by atoms with E-state index in [1.807, 2.05) is 20.8 Å². The van der Waals surface area contributed by atoms with Crippen LogP contribution in [0.2, 0.25) is 0 Å². The molecule has 0 radical (unpaired) electrons. The SMILES string of the molecule is CC(NC(=O)CC1CCNC1)C(=O)NC(C)(C)C.Cl. The van der Waals surface area contributed by atoms with Gasteiger partial charge in [0.2, 0.25) is 11.8 Å². The maximum Gasteiger partial charge on any atom is 0.242 e. The second kappa shape index (κ2) is 7.70. The Hall–Kier alpha value is -0.810. The fourth-order valence-corrected chi connectivity index (χ4v) is 1.99. The van der Waals surface area contributed by atoms with Gasteiger partial charge in [0.1, 0.15) is 6.04 Å². The Labute approximate surface area is 121 Å². The molecule has 0 aromatic heterocycles. The van der Waals surface area contributed by atoms with Gasteiger partial charge in [-0.3, -0.25) is 9.59 Å². The highest BCUT2D eigenvalue weighted by Crippen LogP contribution is 2.11. The minimum atomic E-state index is -0.480. The van der Waals surface area contributed by atoms with Gasteiger partial charge in [0.05, 0.1) is 0 Å². The van der Waals surface area contributed by atoms with Crippen LogP contribution in [-0.4, -0.2) is 36.5 Å². The van der Waals surface area contributed by atoms with E-state index in [9.17, 15) is 9.59 Å². The minimum absolute atomic E-state index is 0. The summed E-state index contributed by atoms with van der Waals surface area (Å²) in [6, 6.07) is -0.480. The van der Waals surface area contributed by atoms with Gasteiger partial charge in [-0.05, 0) is 53.1 Å². The van der Waals surface area contributed by atoms with E-state index in [0.717, 1.165) is 19.5 Å². The summed E-state index contributed by atoms with van der Waals surface area (Å²) < 4.78 is 0. The van der Waals surface area contributed by atoms with Crippen molar-refractivity contribution in [1.29, 1.82) is 0 Å². The van der Waals surface area contributed by atoms with Crippen LogP contribution in [-0.2, 0) is 9.59 Å². The predicted octanol–water partition coefficient (Wildman–Crippen LogP) is 0.827. The van der Waals surface area contributed by atoms with Crippen molar-refractivity contribution in [2.75, 3.05) is 13.1 Å².